The molecule has 3 rings (SSSR count). The van der Waals surface area contributed by atoms with Crippen LogP contribution < -0.4 is 4.74 Å². The van der Waals surface area contributed by atoms with Crippen LogP contribution in [0, 0.1) is 17.6 Å². The van der Waals surface area contributed by atoms with Crippen molar-refractivity contribution in [1.82, 2.24) is 9.21 Å². The monoisotopic (exact) mass is 452 g/mol. The van der Waals surface area contributed by atoms with E-state index in [0.29, 0.717) is 32.1 Å². The van der Waals surface area contributed by atoms with Crippen molar-refractivity contribution >= 4 is 15.9 Å². The van der Waals surface area contributed by atoms with Gasteiger partial charge in [-0.15, -0.1) is 0 Å². The summed E-state index contributed by atoms with van der Waals surface area (Å²) in [6.07, 6.45) is 0.624. The Morgan fingerprint density at radius 3 is 2.52 bits per heavy atom. The molecule has 1 fully saturated rings. The summed E-state index contributed by atoms with van der Waals surface area (Å²) in [7, 11) is -2.46. The Morgan fingerprint density at radius 1 is 1.16 bits per heavy atom. The van der Waals surface area contributed by atoms with Crippen molar-refractivity contribution in [1.29, 1.82) is 0 Å². The summed E-state index contributed by atoms with van der Waals surface area (Å²) in [4.78, 5) is 13.8. The molecule has 6 nitrogen and oxygen atoms in total. The highest BCUT2D eigenvalue weighted by Crippen LogP contribution is 2.27. The van der Waals surface area contributed by atoms with Crippen molar-refractivity contribution in [3.05, 3.63) is 59.7 Å². The fourth-order valence-electron chi connectivity index (χ4n) is 3.73. The first-order chi connectivity index (χ1) is 14.7. The summed E-state index contributed by atoms with van der Waals surface area (Å²) in [6, 6.07) is 9.86. The number of nitrogens with zero attached hydrogens (tertiary/aromatic N) is 2. The summed E-state index contributed by atoms with van der Waals surface area (Å²) in [6.45, 7) is 2.93. The van der Waals surface area contributed by atoms with E-state index in [1.165, 1.54) is 0 Å². The molecule has 2 aromatic carbocycles. The normalized spacial score (nSPS) is 15.6. The zero-order chi connectivity index (χ0) is 22.6. The van der Waals surface area contributed by atoms with Crippen LogP contribution in [-0.2, 0) is 21.4 Å². The molecule has 168 valence electrons. The van der Waals surface area contributed by atoms with E-state index >= 15 is 0 Å². The second kappa shape index (κ2) is 9.74. The highest BCUT2D eigenvalue weighted by atomic mass is 32.2. The molecule has 1 aliphatic heterocycles. The van der Waals surface area contributed by atoms with Gasteiger partial charge in [0.1, 0.15) is 22.3 Å². The molecular formula is C22H26F2N2O4S. The Bertz CT molecular complexity index is 1040. The van der Waals surface area contributed by atoms with Crippen LogP contribution in [-0.4, -0.2) is 50.3 Å². The number of sulfonamides is 1. The number of amides is 1. The van der Waals surface area contributed by atoms with Gasteiger partial charge in [0.15, 0.2) is 0 Å². The third kappa shape index (κ3) is 5.22. The molecule has 1 saturated heterocycles. The fraction of sp³-hybridized carbons (Fsp3) is 0.409. The third-order valence-electron chi connectivity index (χ3n) is 5.37. The summed E-state index contributed by atoms with van der Waals surface area (Å²) >= 11 is 0. The van der Waals surface area contributed by atoms with Gasteiger partial charge in [-0.3, -0.25) is 4.79 Å². The minimum atomic E-state index is -4.17. The van der Waals surface area contributed by atoms with Crippen LogP contribution in [0.25, 0.3) is 0 Å². The lowest BCUT2D eigenvalue weighted by Crippen LogP contribution is -2.43. The van der Waals surface area contributed by atoms with E-state index in [0.717, 1.165) is 27.8 Å². The molecule has 0 radical (unpaired) electrons. The number of para-hydroxylation sites is 1. The highest BCUT2D eigenvalue weighted by molar-refractivity contribution is 7.89. The number of ether oxygens (including phenoxy) is 1. The summed E-state index contributed by atoms with van der Waals surface area (Å²) < 4.78 is 59.6. The molecule has 2 aromatic rings. The zero-order valence-corrected chi connectivity index (χ0v) is 18.4. The molecule has 0 aromatic heterocycles. The van der Waals surface area contributed by atoms with Crippen LogP contribution in [0.3, 0.4) is 0 Å². The number of hydrogen-bond donors (Lipinski definition) is 0. The molecule has 0 saturated carbocycles. The number of carbonyl (C=O) groups is 1. The molecule has 31 heavy (non-hydrogen) atoms. The van der Waals surface area contributed by atoms with Crippen molar-refractivity contribution in [2.45, 2.75) is 31.2 Å². The van der Waals surface area contributed by atoms with E-state index in [9.17, 15) is 22.0 Å². The number of halogens is 2. The minimum absolute atomic E-state index is 0.0675. The van der Waals surface area contributed by atoms with E-state index in [1.54, 1.807) is 11.9 Å². The van der Waals surface area contributed by atoms with E-state index in [1.807, 2.05) is 31.2 Å². The maximum atomic E-state index is 14.0. The third-order valence-corrected chi connectivity index (χ3v) is 7.28. The Labute approximate surface area is 181 Å². The van der Waals surface area contributed by atoms with Gasteiger partial charge in [-0.05, 0) is 44.0 Å². The molecule has 1 aliphatic rings. The van der Waals surface area contributed by atoms with Gasteiger partial charge in [-0.2, -0.15) is 4.31 Å². The number of piperidine rings is 1. The van der Waals surface area contributed by atoms with Crippen LogP contribution in [0.15, 0.2) is 47.4 Å². The molecule has 9 heteroatoms. The average molecular weight is 453 g/mol. The van der Waals surface area contributed by atoms with E-state index < -0.39 is 26.6 Å². The van der Waals surface area contributed by atoms with Gasteiger partial charge in [0.2, 0.25) is 15.9 Å². The fourth-order valence-corrected chi connectivity index (χ4v) is 5.28. The molecule has 0 unspecified atom stereocenters. The first-order valence-electron chi connectivity index (χ1n) is 10.1. The Balaban J connectivity index is 1.64. The van der Waals surface area contributed by atoms with Crippen LogP contribution in [0.1, 0.15) is 25.3 Å². The number of rotatable bonds is 7. The van der Waals surface area contributed by atoms with Crippen LogP contribution >= 0.6 is 0 Å². The van der Waals surface area contributed by atoms with Crippen LogP contribution in [0.4, 0.5) is 8.78 Å². The van der Waals surface area contributed by atoms with Crippen molar-refractivity contribution < 1.29 is 26.7 Å². The quantitative estimate of drug-likeness (QED) is 0.646. The van der Waals surface area contributed by atoms with E-state index in [4.69, 9.17) is 4.74 Å². The first-order valence-corrected chi connectivity index (χ1v) is 11.6. The van der Waals surface area contributed by atoms with Crippen molar-refractivity contribution in [2.24, 2.45) is 5.92 Å². The van der Waals surface area contributed by atoms with E-state index in [2.05, 4.69) is 0 Å². The van der Waals surface area contributed by atoms with Gasteiger partial charge in [-0.1, -0.05) is 18.2 Å². The van der Waals surface area contributed by atoms with E-state index in [-0.39, 0.29) is 24.9 Å². The predicted octanol–water partition coefficient (Wildman–Crippen LogP) is 3.42. The lowest BCUT2D eigenvalue weighted by atomic mass is 9.96. The Morgan fingerprint density at radius 2 is 1.84 bits per heavy atom. The van der Waals surface area contributed by atoms with Gasteiger partial charge in [0.05, 0.1) is 6.61 Å². The highest BCUT2D eigenvalue weighted by Gasteiger charge is 2.34. The summed E-state index contributed by atoms with van der Waals surface area (Å²) in [5.74, 6) is -1.51. The SMILES string of the molecule is CCOc1ccccc1CN(C)C(=O)C1CCN(S(=O)(=O)c2cc(F)ccc2F)CC1. The second-order valence-corrected chi connectivity index (χ2v) is 9.39. The maximum absolute atomic E-state index is 14.0. The van der Waals surface area contributed by atoms with Crippen molar-refractivity contribution in [3.63, 3.8) is 0 Å². The minimum Gasteiger partial charge on any atom is -0.494 e. The number of hydrogen-bond acceptors (Lipinski definition) is 4. The summed E-state index contributed by atoms with van der Waals surface area (Å²) in [5.41, 5.74) is 0.891. The first kappa shape index (κ1) is 23.1. The molecule has 0 atom stereocenters. The second-order valence-electron chi connectivity index (χ2n) is 7.49. The van der Waals surface area contributed by atoms with Gasteiger partial charge in [0, 0.05) is 38.2 Å². The van der Waals surface area contributed by atoms with Crippen LogP contribution in [0.2, 0.25) is 0 Å². The largest absolute Gasteiger partial charge is 0.494 e. The Kier molecular flexibility index (Phi) is 7.27. The van der Waals surface area contributed by atoms with Gasteiger partial charge < -0.3 is 9.64 Å². The smallest absolute Gasteiger partial charge is 0.246 e. The summed E-state index contributed by atoms with van der Waals surface area (Å²) in [5, 5.41) is 0. The van der Waals surface area contributed by atoms with Crippen molar-refractivity contribution in [2.75, 3.05) is 26.7 Å². The number of benzene rings is 2. The van der Waals surface area contributed by atoms with Crippen LogP contribution in [0.5, 0.6) is 5.75 Å². The predicted molar refractivity (Wildman–Crippen MR) is 112 cm³/mol. The topological polar surface area (TPSA) is 66.9 Å². The number of carbonyl (C=O) groups excluding carboxylic acids is 1. The molecule has 0 spiro atoms. The maximum Gasteiger partial charge on any atom is 0.246 e. The standard InChI is InChI=1S/C22H26F2N2O4S/c1-3-30-20-7-5-4-6-17(20)15-25(2)22(27)16-10-12-26(13-11-16)31(28,29)21-14-18(23)8-9-19(21)24/h4-9,14,16H,3,10-13,15H2,1-2H3. The van der Waals surface area contributed by atoms with Gasteiger partial charge in [-0.25, -0.2) is 17.2 Å². The Hall–Kier alpha value is -2.52. The lowest BCUT2D eigenvalue weighted by Gasteiger charge is -2.32. The van der Waals surface area contributed by atoms with Gasteiger partial charge in [0.25, 0.3) is 0 Å². The zero-order valence-electron chi connectivity index (χ0n) is 17.6. The molecular weight excluding hydrogens is 426 g/mol. The molecule has 1 amide bonds. The average Bonchev–Trinajstić information content (AvgIpc) is 2.76. The molecule has 1 heterocycles. The molecule has 0 aliphatic carbocycles. The lowest BCUT2D eigenvalue weighted by molar-refractivity contribution is -0.135. The van der Waals surface area contributed by atoms with Gasteiger partial charge >= 0.3 is 0 Å². The molecule has 0 N–H and O–H groups in total. The van der Waals surface area contributed by atoms with Crippen molar-refractivity contribution in [3.8, 4) is 5.75 Å². The molecule has 0 bridgehead atoms.